The fraction of sp³-hybridized carbons (Fsp3) is 0.471. The van der Waals surface area contributed by atoms with Gasteiger partial charge in [0.25, 0.3) is 0 Å². The Morgan fingerprint density at radius 3 is 2.73 bits per heavy atom. The number of rotatable bonds is 5. The number of aliphatic hydroxyl groups is 1. The maximum absolute atomic E-state index is 9.19. The van der Waals surface area contributed by atoms with Crippen LogP contribution in [0.1, 0.15) is 24.2 Å². The van der Waals surface area contributed by atoms with E-state index in [2.05, 4.69) is 21.3 Å². The molecule has 0 spiro atoms. The summed E-state index contributed by atoms with van der Waals surface area (Å²) in [7, 11) is 0. The second-order valence-corrected chi connectivity index (χ2v) is 5.89. The molecule has 0 saturated carbocycles. The molecule has 2 aromatic rings. The quantitative estimate of drug-likeness (QED) is 0.889. The molecule has 5 heteroatoms. The first kappa shape index (κ1) is 14.9. The Morgan fingerprint density at radius 2 is 2.14 bits per heavy atom. The zero-order chi connectivity index (χ0) is 15.4. The van der Waals surface area contributed by atoms with Crippen LogP contribution >= 0.6 is 0 Å². The summed E-state index contributed by atoms with van der Waals surface area (Å²) in [4.78, 5) is 6.81. The van der Waals surface area contributed by atoms with E-state index in [0.717, 1.165) is 48.8 Å². The number of aliphatic hydroxyl groups excluding tert-OH is 1. The summed E-state index contributed by atoms with van der Waals surface area (Å²) in [5, 5.41) is 12.5. The minimum atomic E-state index is 0.307. The van der Waals surface area contributed by atoms with E-state index in [1.165, 1.54) is 0 Å². The van der Waals surface area contributed by atoms with Crippen molar-refractivity contribution in [1.29, 1.82) is 0 Å². The molecule has 2 aromatic heterocycles. The number of nitrogens with zero attached hydrogens (tertiary/aromatic N) is 2. The number of aromatic nitrogens is 1. The number of piperidine rings is 1. The van der Waals surface area contributed by atoms with Crippen molar-refractivity contribution < 1.29 is 9.52 Å². The number of pyridine rings is 1. The van der Waals surface area contributed by atoms with E-state index in [4.69, 9.17) is 4.42 Å². The molecule has 2 N–H and O–H groups in total. The predicted octanol–water partition coefficient (Wildman–Crippen LogP) is 2.80. The average Bonchev–Trinajstić information content (AvgIpc) is 2.99. The van der Waals surface area contributed by atoms with Gasteiger partial charge >= 0.3 is 0 Å². The van der Waals surface area contributed by atoms with Crippen molar-refractivity contribution in [3.63, 3.8) is 0 Å². The molecule has 0 bridgehead atoms. The molecule has 0 atom stereocenters. The molecule has 0 aliphatic carbocycles. The van der Waals surface area contributed by atoms with Gasteiger partial charge in [-0.1, -0.05) is 0 Å². The van der Waals surface area contributed by atoms with Gasteiger partial charge in [0.05, 0.1) is 24.7 Å². The van der Waals surface area contributed by atoms with E-state index in [1.807, 2.05) is 25.3 Å². The Kier molecular flexibility index (Phi) is 4.63. The topological polar surface area (TPSA) is 61.5 Å². The highest BCUT2D eigenvalue weighted by Gasteiger charge is 2.18. The fourth-order valence-corrected chi connectivity index (χ4v) is 2.81. The Balaban J connectivity index is 1.55. The zero-order valence-corrected chi connectivity index (χ0v) is 13.0. The second-order valence-electron chi connectivity index (χ2n) is 5.89. The molecule has 0 aromatic carbocycles. The van der Waals surface area contributed by atoms with Gasteiger partial charge in [-0.2, -0.15) is 0 Å². The summed E-state index contributed by atoms with van der Waals surface area (Å²) in [6.07, 6.45) is 5.72. The van der Waals surface area contributed by atoms with Gasteiger partial charge in [0.15, 0.2) is 0 Å². The van der Waals surface area contributed by atoms with Crippen LogP contribution < -0.4 is 10.2 Å². The van der Waals surface area contributed by atoms with Crippen LogP contribution in [0.5, 0.6) is 0 Å². The minimum Gasteiger partial charge on any atom is -0.467 e. The highest BCUT2D eigenvalue weighted by Crippen LogP contribution is 2.23. The standard InChI is InChI=1S/C17H23N3O2/c1-13-6-9-22-16(13)11-19-17-3-2-15(10-18-17)20-7-4-14(12-21)5-8-20/h2-3,6,9-10,14,21H,4-5,7-8,11-12H2,1H3,(H,18,19). The first-order valence-electron chi connectivity index (χ1n) is 7.85. The molecule has 3 heterocycles. The van der Waals surface area contributed by atoms with Crippen molar-refractivity contribution in [3.8, 4) is 0 Å². The molecule has 5 nitrogen and oxygen atoms in total. The van der Waals surface area contributed by atoms with E-state index >= 15 is 0 Å². The lowest BCUT2D eigenvalue weighted by Crippen LogP contribution is -2.34. The van der Waals surface area contributed by atoms with Gasteiger partial charge in [0.1, 0.15) is 11.6 Å². The lowest BCUT2D eigenvalue weighted by molar-refractivity contribution is 0.203. The van der Waals surface area contributed by atoms with Gasteiger partial charge in [0.2, 0.25) is 0 Å². The molecule has 0 radical (unpaired) electrons. The third-order valence-corrected chi connectivity index (χ3v) is 4.38. The first-order chi connectivity index (χ1) is 10.8. The van der Waals surface area contributed by atoms with E-state index in [0.29, 0.717) is 19.1 Å². The first-order valence-corrected chi connectivity index (χ1v) is 7.85. The molecular formula is C17H23N3O2. The normalized spacial score (nSPS) is 16.0. The minimum absolute atomic E-state index is 0.307. The summed E-state index contributed by atoms with van der Waals surface area (Å²) in [6.45, 7) is 4.97. The van der Waals surface area contributed by atoms with Crippen molar-refractivity contribution in [2.75, 3.05) is 29.9 Å². The summed E-state index contributed by atoms with van der Waals surface area (Å²) in [5.74, 6) is 2.25. The molecule has 0 amide bonds. The van der Waals surface area contributed by atoms with Crippen molar-refractivity contribution in [2.24, 2.45) is 5.92 Å². The summed E-state index contributed by atoms with van der Waals surface area (Å²) >= 11 is 0. The van der Waals surface area contributed by atoms with Gasteiger partial charge in [-0.25, -0.2) is 4.98 Å². The Hall–Kier alpha value is -2.01. The number of hydrogen-bond donors (Lipinski definition) is 2. The van der Waals surface area contributed by atoms with Crippen LogP contribution in [0, 0.1) is 12.8 Å². The van der Waals surface area contributed by atoms with Gasteiger partial charge in [-0.05, 0) is 49.4 Å². The molecular weight excluding hydrogens is 278 g/mol. The molecule has 1 fully saturated rings. The van der Waals surface area contributed by atoms with Crippen molar-refractivity contribution in [1.82, 2.24) is 4.98 Å². The largest absolute Gasteiger partial charge is 0.467 e. The molecule has 1 aliphatic rings. The summed E-state index contributed by atoms with van der Waals surface area (Å²) < 4.78 is 5.41. The Labute approximate surface area is 131 Å². The summed E-state index contributed by atoms with van der Waals surface area (Å²) in [6, 6.07) is 6.07. The number of hydrogen-bond acceptors (Lipinski definition) is 5. The van der Waals surface area contributed by atoms with Crippen LogP contribution in [-0.4, -0.2) is 29.8 Å². The molecule has 118 valence electrons. The third-order valence-electron chi connectivity index (χ3n) is 4.38. The predicted molar refractivity (Wildman–Crippen MR) is 87.0 cm³/mol. The van der Waals surface area contributed by atoms with Gasteiger partial charge in [-0.15, -0.1) is 0 Å². The smallest absolute Gasteiger partial charge is 0.126 e. The second kappa shape index (κ2) is 6.83. The fourth-order valence-electron chi connectivity index (χ4n) is 2.81. The molecule has 1 aliphatic heterocycles. The van der Waals surface area contributed by atoms with Crippen molar-refractivity contribution in [2.45, 2.75) is 26.3 Å². The number of furan rings is 1. The average molecular weight is 301 g/mol. The van der Waals surface area contributed by atoms with Gasteiger partial charge < -0.3 is 19.7 Å². The Morgan fingerprint density at radius 1 is 1.32 bits per heavy atom. The SMILES string of the molecule is Cc1ccoc1CNc1ccc(N2CCC(CO)CC2)cn1. The molecule has 22 heavy (non-hydrogen) atoms. The van der Waals surface area contributed by atoms with Gasteiger partial charge in [0, 0.05) is 19.7 Å². The molecule has 3 rings (SSSR count). The lowest BCUT2D eigenvalue weighted by atomic mass is 9.98. The van der Waals surface area contributed by atoms with Crippen LogP contribution in [0.4, 0.5) is 11.5 Å². The number of aryl methyl sites for hydroxylation is 1. The van der Waals surface area contributed by atoms with E-state index < -0.39 is 0 Å². The van der Waals surface area contributed by atoms with Crippen LogP contribution in [-0.2, 0) is 6.54 Å². The zero-order valence-electron chi connectivity index (χ0n) is 13.0. The van der Waals surface area contributed by atoms with E-state index in [-0.39, 0.29) is 0 Å². The lowest BCUT2D eigenvalue weighted by Gasteiger charge is -2.32. The number of nitrogens with one attached hydrogen (secondary N) is 1. The maximum atomic E-state index is 9.19. The van der Waals surface area contributed by atoms with Crippen LogP contribution in [0.3, 0.4) is 0 Å². The van der Waals surface area contributed by atoms with Crippen LogP contribution in [0.25, 0.3) is 0 Å². The third kappa shape index (κ3) is 3.42. The molecule has 0 unspecified atom stereocenters. The van der Waals surface area contributed by atoms with Crippen LogP contribution in [0.15, 0.2) is 35.1 Å². The summed E-state index contributed by atoms with van der Waals surface area (Å²) in [5.41, 5.74) is 2.30. The highest BCUT2D eigenvalue weighted by atomic mass is 16.3. The number of anilines is 2. The van der Waals surface area contributed by atoms with Crippen LogP contribution in [0.2, 0.25) is 0 Å². The maximum Gasteiger partial charge on any atom is 0.126 e. The van der Waals surface area contributed by atoms with Crippen molar-refractivity contribution >= 4 is 11.5 Å². The Bertz CT molecular complexity index is 586. The van der Waals surface area contributed by atoms with E-state index in [1.54, 1.807) is 6.26 Å². The molecule has 1 saturated heterocycles. The van der Waals surface area contributed by atoms with E-state index in [9.17, 15) is 5.11 Å². The highest BCUT2D eigenvalue weighted by molar-refractivity contribution is 5.49. The monoisotopic (exact) mass is 301 g/mol. The van der Waals surface area contributed by atoms with Crippen molar-refractivity contribution in [3.05, 3.63) is 42.0 Å². The van der Waals surface area contributed by atoms with Gasteiger partial charge in [-0.3, -0.25) is 0 Å².